The van der Waals surface area contributed by atoms with Crippen molar-refractivity contribution in [3.8, 4) is 0 Å². The summed E-state index contributed by atoms with van der Waals surface area (Å²) in [6, 6.07) is 0. The monoisotopic (exact) mass is 241 g/mol. The van der Waals surface area contributed by atoms with E-state index in [1.54, 1.807) is 4.90 Å². The quantitative estimate of drug-likeness (QED) is 0.763. The number of aliphatic carboxylic acids is 1. The van der Waals surface area contributed by atoms with E-state index in [-0.39, 0.29) is 24.5 Å². The molecule has 17 heavy (non-hydrogen) atoms. The number of nitrogens with zero attached hydrogens (tertiary/aromatic N) is 1. The molecule has 1 atom stereocenters. The van der Waals surface area contributed by atoms with E-state index >= 15 is 0 Å². The zero-order valence-electron chi connectivity index (χ0n) is 10.3. The van der Waals surface area contributed by atoms with Crippen molar-refractivity contribution >= 4 is 12.1 Å². The number of hydrogen-bond acceptors (Lipinski definition) is 3. The summed E-state index contributed by atoms with van der Waals surface area (Å²) in [7, 11) is 0. The highest BCUT2D eigenvalue weighted by atomic mass is 16.6. The van der Waals surface area contributed by atoms with Crippen LogP contribution in [0.5, 0.6) is 0 Å². The van der Waals surface area contributed by atoms with Crippen LogP contribution < -0.4 is 0 Å². The highest BCUT2D eigenvalue weighted by molar-refractivity contribution is 5.70. The molecular weight excluding hydrogens is 222 g/mol. The number of carboxylic acid groups (broad SMARTS) is 1. The fraction of sp³-hybridized carbons (Fsp3) is 0.667. The Morgan fingerprint density at radius 2 is 2.24 bits per heavy atom. The van der Waals surface area contributed by atoms with Gasteiger partial charge in [-0.2, -0.15) is 0 Å². The fourth-order valence-electron chi connectivity index (χ4n) is 2.30. The van der Waals surface area contributed by atoms with E-state index in [1.807, 2.05) is 13.8 Å². The van der Waals surface area contributed by atoms with Gasteiger partial charge >= 0.3 is 12.1 Å². The second-order valence-electron chi connectivity index (χ2n) is 4.96. The number of hydrogen-bond donors (Lipinski definition) is 1. The number of amides is 1. The van der Waals surface area contributed by atoms with Crippen LogP contribution in [0.2, 0.25) is 0 Å². The first-order chi connectivity index (χ1) is 7.86. The third-order valence-electron chi connectivity index (χ3n) is 2.97. The van der Waals surface area contributed by atoms with Crippen molar-refractivity contribution in [1.82, 2.24) is 4.90 Å². The van der Waals surface area contributed by atoms with Gasteiger partial charge in [0.05, 0.1) is 0 Å². The van der Waals surface area contributed by atoms with E-state index in [4.69, 9.17) is 9.84 Å². The molecule has 96 valence electrons. The van der Waals surface area contributed by atoms with Crippen molar-refractivity contribution in [3.63, 3.8) is 0 Å². The minimum atomic E-state index is -0.827. The molecule has 5 heteroatoms. The summed E-state index contributed by atoms with van der Waals surface area (Å²) in [5.74, 6) is -0.828. The molecule has 0 bridgehead atoms. The van der Waals surface area contributed by atoms with Gasteiger partial charge in [-0.1, -0.05) is 12.7 Å². The van der Waals surface area contributed by atoms with Crippen LogP contribution in [0.1, 0.15) is 26.7 Å². The van der Waals surface area contributed by atoms with Crippen LogP contribution in [0.3, 0.4) is 0 Å². The van der Waals surface area contributed by atoms with E-state index in [1.165, 1.54) is 6.08 Å². The number of carboxylic acids is 1. The molecule has 0 radical (unpaired) electrons. The van der Waals surface area contributed by atoms with E-state index < -0.39 is 12.1 Å². The van der Waals surface area contributed by atoms with Crippen LogP contribution in [-0.2, 0) is 9.53 Å². The van der Waals surface area contributed by atoms with Gasteiger partial charge in [-0.05, 0) is 26.2 Å². The molecule has 1 rings (SSSR count). The summed E-state index contributed by atoms with van der Waals surface area (Å²) in [6.07, 6.45) is 1.88. The van der Waals surface area contributed by atoms with Crippen molar-refractivity contribution in [2.45, 2.75) is 32.2 Å². The van der Waals surface area contributed by atoms with Gasteiger partial charge in [-0.3, -0.25) is 4.79 Å². The topological polar surface area (TPSA) is 66.8 Å². The zero-order valence-corrected chi connectivity index (χ0v) is 10.3. The predicted molar refractivity (Wildman–Crippen MR) is 62.7 cm³/mol. The molecule has 1 aliphatic heterocycles. The Labute approximate surface area is 101 Å². The van der Waals surface area contributed by atoms with Gasteiger partial charge in [0.1, 0.15) is 6.61 Å². The Morgan fingerprint density at radius 1 is 1.59 bits per heavy atom. The molecule has 1 aliphatic rings. The van der Waals surface area contributed by atoms with Crippen molar-refractivity contribution < 1.29 is 19.4 Å². The summed E-state index contributed by atoms with van der Waals surface area (Å²) in [5, 5.41) is 8.76. The predicted octanol–water partition coefficient (Wildman–Crippen LogP) is 1.88. The minimum absolute atomic E-state index is 0.00113. The summed E-state index contributed by atoms with van der Waals surface area (Å²) in [4.78, 5) is 24.0. The summed E-state index contributed by atoms with van der Waals surface area (Å²) >= 11 is 0. The number of likely N-dealkylation sites (tertiary alicyclic amines) is 1. The van der Waals surface area contributed by atoms with Crippen LogP contribution >= 0.6 is 0 Å². The molecule has 1 amide bonds. The molecule has 1 N–H and O–H groups in total. The van der Waals surface area contributed by atoms with Crippen LogP contribution in [0, 0.1) is 5.92 Å². The molecule has 5 nitrogen and oxygen atoms in total. The largest absolute Gasteiger partial charge is 0.481 e. The highest BCUT2D eigenvalue weighted by Crippen LogP contribution is 2.34. The van der Waals surface area contributed by atoms with Gasteiger partial charge in [-0.25, -0.2) is 4.79 Å². The van der Waals surface area contributed by atoms with Crippen LogP contribution in [0.15, 0.2) is 12.7 Å². The first kappa shape index (κ1) is 13.5. The maximum absolute atomic E-state index is 11.8. The SMILES string of the molecule is C=CCOC(=O)N1CC(CC(=O)O)CC1(C)C. The Bertz CT molecular complexity index is 324. The lowest BCUT2D eigenvalue weighted by Crippen LogP contribution is -2.43. The number of carbonyl (C=O) groups is 2. The molecular formula is C12H19NO4. The van der Waals surface area contributed by atoms with Gasteiger partial charge in [0.15, 0.2) is 0 Å². The van der Waals surface area contributed by atoms with E-state index in [9.17, 15) is 9.59 Å². The van der Waals surface area contributed by atoms with E-state index in [0.717, 1.165) is 0 Å². The van der Waals surface area contributed by atoms with Gasteiger partial charge in [0, 0.05) is 18.5 Å². The Morgan fingerprint density at radius 3 is 2.76 bits per heavy atom. The molecule has 0 aliphatic carbocycles. The third-order valence-corrected chi connectivity index (χ3v) is 2.97. The number of ether oxygens (including phenoxy) is 1. The molecule has 0 aromatic rings. The van der Waals surface area contributed by atoms with Gasteiger partial charge in [0.25, 0.3) is 0 Å². The lowest BCUT2D eigenvalue weighted by atomic mass is 9.94. The lowest BCUT2D eigenvalue weighted by molar-refractivity contribution is -0.138. The Balaban J connectivity index is 2.63. The normalized spacial score (nSPS) is 22.2. The van der Waals surface area contributed by atoms with Crippen LogP contribution in [0.25, 0.3) is 0 Å². The molecule has 0 spiro atoms. The third kappa shape index (κ3) is 3.47. The maximum atomic E-state index is 11.8. The van der Waals surface area contributed by atoms with Crippen LogP contribution in [-0.4, -0.2) is 40.8 Å². The Kier molecular flexibility index (Phi) is 4.15. The molecule has 0 aromatic heterocycles. The summed E-state index contributed by atoms with van der Waals surface area (Å²) in [5.41, 5.74) is -0.349. The summed E-state index contributed by atoms with van der Waals surface area (Å²) < 4.78 is 4.99. The Hall–Kier alpha value is -1.52. The lowest BCUT2D eigenvalue weighted by Gasteiger charge is -2.30. The molecule has 0 saturated carbocycles. The summed E-state index contributed by atoms with van der Waals surface area (Å²) in [6.45, 7) is 7.93. The maximum Gasteiger partial charge on any atom is 0.410 e. The van der Waals surface area contributed by atoms with Gasteiger partial charge in [-0.15, -0.1) is 0 Å². The van der Waals surface area contributed by atoms with Crippen molar-refractivity contribution in [1.29, 1.82) is 0 Å². The smallest absolute Gasteiger partial charge is 0.410 e. The van der Waals surface area contributed by atoms with Crippen molar-refractivity contribution in [2.75, 3.05) is 13.2 Å². The van der Waals surface area contributed by atoms with Gasteiger partial charge in [0.2, 0.25) is 0 Å². The second kappa shape index (κ2) is 5.21. The molecule has 1 saturated heterocycles. The standard InChI is InChI=1S/C12H19NO4/c1-4-5-17-11(16)13-8-9(6-10(14)15)7-12(13,2)3/h4,9H,1,5-8H2,2-3H3,(H,14,15). The molecule has 1 fully saturated rings. The molecule has 0 aromatic carbocycles. The molecule has 1 unspecified atom stereocenters. The zero-order chi connectivity index (χ0) is 13.1. The average molecular weight is 241 g/mol. The number of rotatable bonds is 4. The average Bonchev–Trinajstić information content (AvgIpc) is 2.48. The van der Waals surface area contributed by atoms with Crippen molar-refractivity contribution in [2.24, 2.45) is 5.92 Å². The van der Waals surface area contributed by atoms with E-state index in [0.29, 0.717) is 13.0 Å². The first-order valence-electron chi connectivity index (χ1n) is 5.64. The second-order valence-corrected chi connectivity index (χ2v) is 4.96. The molecule has 1 heterocycles. The van der Waals surface area contributed by atoms with Crippen LogP contribution in [0.4, 0.5) is 4.79 Å². The minimum Gasteiger partial charge on any atom is -0.481 e. The van der Waals surface area contributed by atoms with Crippen molar-refractivity contribution in [3.05, 3.63) is 12.7 Å². The highest BCUT2D eigenvalue weighted by Gasteiger charge is 2.42. The van der Waals surface area contributed by atoms with E-state index in [2.05, 4.69) is 6.58 Å². The first-order valence-corrected chi connectivity index (χ1v) is 5.64. The number of carbonyl (C=O) groups excluding carboxylic acids is 1. The fourth-order valence-corrected chi connectivity index (χ4v) is 2.30. The van der Waals surface area contributed by atoms with Gasteiger partial charge < -0.3 is 14.7 Å².